The molecule has 0 aromatic carbocycles. The Kier molecular flexibility index (Phi) is 4.59. The third-order valence-corrected chi connectivity index (χ3v) is 5.07. The zero-order valence-corrected chi connectivity index (χ0v) is 11.8. The van der Waals surface area contributed by atoms with Gasteiger partial charge in [0, 0.05) is 23.4 Å². The van der Waals surface area contributed by atoms with Gasteiger partial charge in [0.1, 0.15) is 0 Å². The van der Waals surface area contributed by atoms with Crippen molar-refractivity contribution in [2.45, 2.75) is 30.2 Å². The average Bonchev–Trinajstić information content (AvgIpc) is 2.75. The van der Waals surface area contributed by atoms with Crippen molar-refractivity contribution in [3.63, 3.8) is 0 Å². The number of sulfonamides is 1. The molecule has 1 aromatic heterocycles. The summed E-state index contributed by atoms with van der Waals surface area (Å²) >= 11 is 1.60. The average molecular weight is 278 g/mol. The van der Waals surface area contributed by atoms with Crippen LogP contribution in [0.15, 0.2) is 11.2 Å². The van der Waals surface area contributed by atoms with E-state index in [9.17, 15) is 8.42 Å². The van der Waals surface area contributed by atoms with Crippen LogP contribution in [-0.2, 0) is 16.6 Å². The molecule has 0 unspecified atom stereocenters. The fourth-order valence-electron chi connectivity index (χ4n) is 1.09. The second-order valence-corrected chi connectivity index (χ2v) is 7.43. The number of hydrogen-bond acceptors (Lipinski definition) is 5. The van der Waals surface area contributed by atoms with Crippen LogP contribution in [0, 0.1) is 0 Å². The molecule has 1 aromatic rings. The maximum atomic E-state index is 12.0. The highest BCUT2D eigenvalue weighted by Gasteiger charge is 2.24. The standard InChI is InChI=1S/C9H18N4O2S2/c1-9(2,16-3)6-12-17(14,15)8-7(4-10)5-11-13-8/h5,12H,4,6,10H2,1-3H3,(H,11,13). The lowest BCUT2D eigenvalue weighted by Crippen LogP contribution is -2.36. The van der Waals surface area contributed by atoms with Gasteiger partial charge in [0.2, 0.25) is 0 Å². The topological polar surface area (TPSA) is 101 Å². The minimum absolute atomic E-state index is 0.0527. The van der Waals surface area contributed by atoms with Crippen LogP contribution in [0.3, 0.4) is 0 Å². The number of H-pyrrole nitrogens is 1. The molecule has 6 nitrogen and oxygen atoms in total. The molecule has 0 radical (unpaired) electrons. The third kappa shape index (κ3) is 3.70. The maximum Gasteiger partial charge on any atom is 0.257 e. The summed E-state index contributed by atoms with van der Waals surface area (Å²) in [5, 5.41) is 6.21. The highest BCUT2D eigenvalue weighted by molar-refractivity contribution is 8.00. The zero-order chi connectivity index (χ0) is 13.1. The Morgan fingerprint density at radius 3 is 2.76 bits per heavy atom. The number of rotatable bonds is 6. The summed E-state index contributed by atoms with van der Waals surface area (Å²) in [5.74, 6) is 0. The number of hydrogen-bond donors (Lipinski definition) is 3. The minimum Gasteiger partial charge on any atom is -0.326 e. The molecule has 1 rings (SSSR count). The number of aromatic nitrogens is 2. The first-order valence-electron chi connectivity index (χ1n) is 5.09. The smallest absolute Gasteiger partial charge is 0.257 e. The summed E-state index contributed by atoms with van der Waals surface area (Å²) in [4.78, 5) is 0. The normalized spacial score (nSPS) is 12.9. The number of thioether (sulfide) groups is 1. The molecule has 0 amide bonds. The Labute approximate surface area is 106 Å². The summed E-state index contributed by atoms with van der Waals surface area (Å²) in [6.45, 7) is 4.42. The van der Waals surface area contributed by atoms with Crippen LogP contribution < -0.4 is 10.5 Å². The molecule has 0 atom stereocenters. The molecular formula is C9H18N4O2S2. The second kappa shape index (κ2) is 5.38. The van der Waals surface area contributed by atoms with Gasteiger partial charge in [0.15, 0.2) is 5.03 Å². The lowest BCUT2D eigenvalue weighted by atomic mass is 10.2. The minimum atomic E-state index is -3.56. The molecule has 98 valence electrons. The van der Waals surface area contributed by atoms with Gasteiger partial charge in [0.25, 0.3) is 10.0 Å². The van der Waals surface area contributed by atoms with Crippen LogP contribution in [0.4, 0.5) is 0 Å². The predicted octanol–water partition coefficient (Wildman–Crippen LogP) is 0.288. The van der Waals surface area contributed by atoms with Crippen LogP contribution in [0.5, 0.6) is 0 Å². The van der Waals surface area contributed by atoms with Crippen LogP contribution in [0.1, 0.15) is 19.4 Å². The van der Waals surface area contributed by atoms with Crippen molar-refractivity contribution in [3.8, 4) is 0 Å². The summed E-state index contributed by atoms with van der Waals surface area (Å²) < 4.78 is 26.4. The molecule has 0 aliphatic carbocycles. The van der Waals surface area contributed by atoms with Gasteiger partial charge < -0.3 is 5.73 Å². The Morgan fingerprint density at radius 1 is 1.59 bits per heavy atom. The molecule has 8 heteroatoms. The third-order valence-electron chi connectivity index (χ3n) is 2.41. The summed E-state index contributed by atoms with van der Waals surface area (Å²) in [6.07, 6.45) is 3.37. The first kappa shape index (κ1) is 14.5. The van der Waals surface area contributed by atoms with Crippen molar-refractivity contribution in [1.82, 2.24) is 14.9 Å². The molecule has 4 N–H and O–H groups in total. The van der Waals surface area contributed by atoms with Crippen molar-refractivity contribution in [3.05, 3.63) is 11.8 Å². The van der Waals surface area contributed by atoms with E-state index in [1.807, 2.05) is 20.1 Å². The lowest BCUT2D eigenvalue weighted by Gasteiger charge is -2.21. The van der Waals surface area contributed by atoms with Gasteiger partial charge in [-0.1, -0.05) is 0 Å². The maximum absolute atomic E-state index is 12.0. The van der Waals surface area contributed by atoms with Gasteiger partial charge in [-0.3, -0.25) is 5.10 Å². The number of nitrogens with zero attached hydrogens (tertiary/aromatic N) is 1. The Balaban J connectivity index is 2.83. The molecular weight excluding hydrogens is 260 g/mol. The molecule has 0 aliphatic rings. The molecule has 0 saturated heterocycles. The Bertz CT molecular complexity index is 467. The summed E-state index contributed by atoms with van der Waals surface area (Å²) in [7, 11) is -3.56. The van der Waals surface area contributed by atoms with Gasteiger partial charge in [0.05, 0.1) is 6.20 Å². The van der Waals surface area contributed by atoms with Gasteiger partial charge in [-0.15, -0.1) is 0 Å². The van der Waals surface area contributed by atoms with Crippen molar-refractivity contribution in [2.24, 2.45) is 5.73 Å². The molecule has 0 aliphatic heterocycles. The van der Waals surface area contributed by atoms with Gasteiger partial charge >= 0.3 is 0 Å². The van der Waals surface area contributed by atoms with Crippen molar-refractivity contribution >= 4 is 21.8 Å². The SMILES string of the molecule is CSC(C)(C)CNS(=O)(=O)c1[nH]ncc1CN. The summed E-state index contributed by atoms with van der Waals surface area (Å²) in [6, 6.07) is 0. The molecule has 1 heterocycles. The lowest BCUT2D eigenvalue weighted by molar-refractivity contribution is 0.565. The molecule has 0 fully saturated rings. The Morgan fingerprint density at radius 2 is 2.24 bits per heavy atom. The fourth-order valence-corrected chi connectivity index (χ4v) is 2.75. The van der Waals surface area contributed by atoms with Crippen molar-refractivity contribution in [2.75, 3.05) is 12.8 Å². The van der Waals surface area contributed by atoms with E-state index in [1.165, 1.54) is 6.20 Å². The molecule has 0 saturated carbocycles. The van der Waals surface area contributed by atoms with Crippen LogP contribution >= 0.6 is 11.8 Å². The first-order valence-corrected chi connectivity index (χ1v) is 7.80. The molecule has 0 spiro atoms. The highest BCUT2D eigenvalue weighted by Crippen LogP contribution is 2.21. The van der Waals surface area contributed by atoms with Gasteiger partial charge in [-0.05, 0) is 20.1 Å². The molecule has 0 bridgehead atoms. The van der Waals surface area contributed by atoms with E-state index in [2.05, 4.69) is 14.9 Å². The number of nitrogens with one attached hydrogen (secondary N) is 2. The van der Waals surface area contributed by atoms with Crippen LogP contribution in [-0.4, -0.2) is 36.2 Å². The zero-order valence-electron chi connectivity index (χ0n) is 10.1. The largest absolute Gasteiger partial charge is 0.326 e. The van der Waals surface area contributed by atoms with E-state index < -0.39 is 10.0 Å². The van der Waals surface area contributed by atoms with Gasteiger partial charge in [-0.2, -0.15) is 16.9 Å². The van der Waals surface area contributed by atoms with Crippen LogP contribution in [0.25, 0.3) is 0 Å². The van der Waals surface area contributed by atoms with E-state index >= 15 is 0 Å². The Hall–Kier alpha value is -0.570. The predicted molar refractivity (Wildman–Crippen MR) is 69.3 cm³/mol. The first-order chi connectivity index (χ1) is 7.82. The van der Waals surface area contributed by atoms with Gasteiger partial charge in [-0.25, -0.2) is 13.1 Å². The number of nitrogens with two attached hydrogens (primary N) is 1. The quantitative estimate of drug-likeness (QED) is 0.694. The highest BCUT2D eigenvalue weighted by atomic mass is 32.2. The van der Waals surface area contributed by atoms with E-state index in [-0.39, 0.29) is 16.3 Å². The van der Waals surface area contributed by atoms with Crippen molar-refractivity contribution < 1.29 is 8.42 Å². The molecule has 17 heavy (non-hydrogen) atoms. The van der Waals surface area contributed by atoms with E-state index in [0.29, 0.717) is 12.1 Å². The van der Waals surface area contributed by atoms with E-state index in [1.54, 1.807) is 11.8 Å². The number of aromatic amines is 1. The summed E-state index contributed by atoms with van der Waals surface area (Å²) in [5.41, 5.74) is 5.93. The van der Waals surface area contributed by atoms with E-state index in [0.717, 1.165) is 0 Å². The second-order valence-electron chi connectivity index (χ2n) is 4.22. The van der Waals surface area contributed by atoms with E-state index in [4.69, 9.17) is 5.73 Å². The fraction of sp³-hybridized carbons (Fsp3) is 0.667. The van der Waals surface area contributed by atoms with Crippen LogP contribution in [0.2, 0.25) is 0 Å². The van der Waals surface area contributed by atoms with Crippen molar-refractivity contribution in [1.29, 1.82) is 0 Å². The monoisotopic (exact) mass is 278 g/mol.